The Labute approximate surface area is 109 Å². The van der Waals surface area contributed by atoms with Gasteiger partial charge in [0.1, 0.15) is 0 Å². The third-order valence-corrected chi connectivity index (χ3v) is 2.83. The van der Waals surface area contributed by atoms with Crippen LogP contribution in [-0.4, -0.2) is 31.6 Å². The molecule has 0 radical (unpaired) electrons. The maximum Gasteiger partial charge on any atom is 0.305 e. The van der Waals surface area contributed by atoms with Crippen molar-refractivity contribution in [2.75, 3.05) is 13.7 Å². The minimum absolute atomic E-state index is 0.00174. The summed E-state index contributed by atoms with van der Waals surface area (Å²) in [5.74, 6) is -0.194. The standard InChI is InChI=1S/C13H26N2O3/c1-10(6-4-7-11(2)14)13(17)15-9-5-8-12(16)18-3/h10-11H,4-9,14H2,1-3H3,(H,15,17). The molecule has 2 unspecified atom stereocenters. The molecule has 0 fully saturated rings. The van der Waals surface area contributed by atoms with E-state index < -0.39 is 0 Å². The maximum atomic E-state index is 11.7. The fraction of sp³-hybridized carbons (Fsp3) is 0.846. The van der Waals surface area contributed by atoms with Crippen LogP contribution in [0.5, 0.6) is 0 Å². The molecule has 0 aliphatic heterocycles. The van der Waals surface area contributed by atoms with E-state index in [9.17, 15) is 9.59 Å². The third-order valence-electron chi connectivity index (χ3n) is 2.83. The number of nitrogens with two attached hydrogens (primary N) is 1. The van der Waals surface area contributed by atoms with Gasteiger partial charge in [-0.05, 0) is 26.2 Å². The summed E-state index contributed by atoms with van der Waals surface area (Å²) >= 11 is 0. The smallest absolute Gasteiger partial charge is 0.305 e. The van der Waals surface area contributed by atoms with Crippen molar-refractivity contribution in [2.45, 2.75) is 52.0 Å². The molecule has 5 heteroatoms. The van der Waals surface area contributed by atoms with Crippen LogP contribution < -0.4 is 11.1 Å². The maximum absolute atomic E-state index is 11.7. The lowest BCUT2D eigenvalue weighted by Crippen LogP contribution is -2.30. The van der Waals surface area contributed by atoms with Crippen molar-refractivity contribution < 1.29 is 14.3 Å². The van der Waals surface area contributed by atoms with Crippen LogP contribution in [0.3, 0.4) is 0 Å². The second kappa shape index (κ2) is 9.88. The van der Waals surface area contributed by atoms with Gasteiger partial charge in [0.05, 0.1) is 7.11 Å². The van der Waals surface area contributed by atoms with Gasteiger partial charge in [0.25, 0.3) is 0 Å². The van der Waals surface area contributed by atoms with Crippen LogP contribution in [-0.2, 0) is 14.3 Å². The van der Waals surface area contributed by atoms with Crippen LogP contribution in [0.4, 0.5) is 0 Å². The van der Waals surface area contributed by atoms with Crippen LogP contribution in [0.1, 0.15) is 46.0 Å². The molecular formula is C13H26N2O3. The first-order valence-corrected chi connectivity index (χ1v) is 6.57. The van der Waals surface area contributed by atoms with Crippen LogP contribution in [0.15, 0.2) is 0 Å². The third kappa shape index (κ3) is 8.98. The molecular weight excluding hydrogens is 232 g/mol. The molecule has 106 valence electrons. The van der Waals surface area contributed by atoms with Gasteiger partial charge in [-0.3, -0.25) is 9.59 Å². The number of esters is 1. The van der Waals surface area contributed by atoms with E-state index in [1.165, 1.54) is 7.11 Å². The Hall–Kier alpha value is -1.10. The molecule has 0 spiro atoms. The number of nitrogens with one attached hydrogen (secondary N) is 1. The Kier molecular flexibility index (Phi) is 9.28. The highest BCUT2D eigenvalue weighted by molar-refractivity contribution is 5.78. The second-order valence-electron chi connectivity index (χ2n) is 4.78. The molecule has 0 aromatic carbocycles. The van der Waals surface area contributed by atoms with E-state index in [1.54, 1.807) is 0 Å². The predicted octanol–water partition coefficient (Wildman–Crippen LogP) is 1.21. The fourth-order valence-corrected chi connectivity index (χ4v) is 1.60. The van der Waals surface area contributed by atoms with Gasteiger partial charge in [0.15, 0.2) is 0 Å². The van der Waals surface area contributed by atoms with E-state index in [-0.39, 0.29) is 23.8 Å². The summed E-state index contributed by atoms with van der Waals surface area (Å²) in [7, 11) is 1.36. The number of ether oxygens (including phenoxy) is 1. The number of hydrogen-bond donors (Lipinski definition) is 2. The van der Waals surface area contributed by atoms with Crippen LogP contribution in [0, 0.1) is 5.92 Å². The summed E-state index contributed by atoms with van der Waals surface area (Å²) in [6.07, 6.45) is 3.72. The lowest BCUT2D eigenvalue weighted by atomic mass is 10.0. The highest BCUT2D eigenvalue weighted by atomic mass is 16.5. The number of rotatable bonds is 9. The van der Waals surface area contributed by atoms with E-state index in [0.29, 0.717) is 19.4 Å². The largest absolute Gasteiger partial charge is 0.469 e. The monoisotopic (exact) mass is 258 g/mol. The quantitative estimate of drug-likeness (QED) is 0.481. The minimum Gasteiger partial charge on any atom is -0.469 e. The summed E-state index contributed by atoms with van der Waals surface area (Å²) in [6.45, 7) is 4.40. The number of amides is 1. The first-order valence-electron chi connectivity index (χ1n) is 6.57. The molecule has 0 saturated carbocycles. The summed E-state index contributed by atoms with van der Waals surface area (Å²) in [5.41, 5.74) is 5.65. The van der Waals surface area contributed by atoms with Crippen molar-refractivity contribution in [1.82, 2.24) is 5.32 Å². The zero-order valence-electron chi connectivity index (χ0n) is 11.7. The van der Waals surface area contributed by atoms with E-state index in [4.69, 9.17) is 5.73 Å². The molecule has 0 rings (SSSR count). The Bertz CT molecular complexity index is 255. The lowest BCUT2D eigenvalue weighted by Gasteiger charge is -2.12. The van der Waals surface area contributed by atoms with E-state index in [1.807, 2.05) is 13.8 Å². The fourth-order valence-electron chi connectivity index (χ4n) is 1.60. The first kappa shape index (κ1) is 16.9. The van der Waals surface area contributed by atoms with Gasteiger partial charge in [-0.1, -0.05) is 13.3 Å². The van der Waals surface area contributed by atoms with Crippen molar-refractivity contribution in [3.8, 4) is 0 Å². The Morgan fingerprint density at radius 1 is 1.22 bits per heavy atom. The highest BCUT2D eigenvalue weighted by Crippen LogP contribution is 2.09. The van der Waals surface area contributed by atoms with Crippen molar-refractivity contribution in [3.63, 3.8) is 0 Å². The van der Waals surface area contributed by atoms with Gasteiger partial charge >= 0.3 is 5.97 Å². The molecule has 0 aromatic heterocycles. The molecule has 18 heavy (non-hydrogen) atoms. The molecule has 0 heterocycles. The Balaban J connectivity index is 3.58. The van der Waals surface area contributed by atoms with Gasteiger partial charge < -0.3 is 15.8 Å². The first-order chi connectivity index (χ1) is 8.47. The molecule has 0 aromatic rings. The second-order valence-corrected chi connectivity index (χ2v) is 4.78. The van der Waals surface area contributed by atoms with Crippen molar-refractivity contribution in [1.29, 1.82) is 0 Å². The SMILES string of the molecule is COC(=O)CCCNC(=O)C(C)CCCC(C)N. The lowest BCUT2D eigenvalue weighted by molar-refractivity contribution is -0.140. The normalized spacial score (nSPS) is 13.8. The van der Waals surface area contributed by atoms with Gasteiger partial charge in [-0.15, -0.1) is 0 Å². The number of carbonyl (C=O) groups excluding carboxylic acids is 2. The summed E-state index contributed by atoms with van der Waals surface area (Å²) in [5, 5.41) is 2.82. The van der Waals surface area contributed by atoms with Crippen LogP contribution in [0.25, 0.3) is 0 Å². The van der Waals surface area contributed by atoms with Gasteiger partial charge in [-0.2, -0.15) is 0 Å². The molecule has 0 bridgehead atoms. The number of carbonyl (C=O) groups is 2. The molecule has 0 aliphatic carbocycles. The van der Waals surface area contributed by atoms with Gasteiger partial charge in [0.2, 0.25) is 5.91 Å². The molecule has 0 saturated heterocycles. The number of methoxy groups -OCH3 is 1. The molecule has 2 atom stereocenters. The summed E-state index contributed by atoms with van der Waals surface area (Å²) < 4.78 is 4.52. The van der Waals surface area contributed by atoms with Gasteiger partial charge in [0, 0.05) is 24.9 Å². The topological polar surface area (TPSA) is 81.4 Å². The molecule has 3 N–H and O–H groups in total. The summed E-state index contributed by atoms with van der Waals surface area (Å²) in [6, 6.07) is 0.195. The summed E-state index contributed by atoms with van der Waals surface area (Å²) in [4.78, 5) is 22.5. The number of hydrogen-bond acceptors (Lipinski definition) is 4. The average molecular weight is 258 g/mol. The zero-order valence-corrected chi connectivity index (χ0v) is 11.7. The predicted molar refractivity (Wildman–Crippen MR) is 70.9 cm³/mol. The van der Waals surface area contributed by atoms with Crippen LogP contribution >= 0.6 is 0 Å². The highest BCUT2D eigenvalue weighted by Gasteiger charge is 2.12. The average Bonchev–Trinajstić information content (AvgIpc) is 2.33. The van der Waals surface area contributed by atoms with E-state index >= 15 is 0 Å². The Morgan fingerprint density at radius 3 is 2.44 bits per heavy atom. The van der Waals surface area contributed by atoms with E-state index in [0.717, 1.165) is 19.3 Å². The Morgan fingerprint density at radius 2 is 1.89 bits per heavy atom. The van der Waals surface area contributed by atoms with Crippen molar-refractivity contribution in [3.05, 3.63) is 0 Å². The van der Waals surface area contributed by atoms with Crippen LogP contribution in [0.2, 0.25) is 0 Å². The van der Waals surface area contributed by atoms with E-state index in [2.05, 4.69) is 10.1 Å². The van der Waals surface area contributed by atoms with Gasteiger partial charge in [-0.25, -0.2) is 0 Å². The minimum atomic E-state index is -0.241. The molecule has 0 aliphatic rings. The van der Waals surface area contributed by atoms with Crippen molar-refractivity contribution in [2.24, 2.45) is 11.7 Å². The zero-order chi connectivity index (χ0) is 14.0. The molecule has 1 amide bonds. The van der Waals surface area contributed by atoms with Crippen molar-refractivity contribution >= 4 is 11.9 Å². The molecule has 5 nitrogen and oxygen atoms in total.